The quantitative estimate of drug-likeness (QED) is 0.808. The van der Waals surface area contributed by atoms with E-state index in [-0.39, 0.29) is 10.8 Å². The lowest BCUT2D eigenvalue weighted by molar-refractivity contribution is 0.102. The largest absolute Gasteiger partial charge is 0.322 e. The molecule has 0 heterocycles. The number of sulfonamides is 1. The number of anilines is 1. The number of hydrogen-bond donors (Lipinski definition) is 2. The summed E-state index contributed by atoms with van der Waals surface area (Å²) in [7, 11) is -3.54. The maximum absolute atomic E-state index is 12.2. The topological polar surface area (TPSA) is 75.3 Å². The molecule has 0 saturated carbocycles. The number of rotatable bonds is 7. The number of carbonyl (C=O) groups is 1. The molecule has 0 unspecified atom stereocenters. The van der Waals surface area contributed by atoms with Crippen molar-refractivity contribution >= 4 is 21.6 Å². The number of amides is 1. The van der Waals surface area contributed by atoms with E-state index in [1.165, 1.54) is 24.3 Å². The molecule has 2 aromatic rings. The number of nitrogens with one attached hydrogen (secondary N) is 2. The molecule has 0 spiro atoms. The molecule has 0 saturated heterocycles. The van der Waals surface area contributed by atoms with Crippen LogP contribution in [-0.2, 0) is 10.0 Å². The van der Waals surface area contributed by atoms with Gasteiger partial charge in [0.25, 0.3) is 5.91 Å². The maximum Gasteiger partial charge on any atom is 0.255 e. The van der Waals surface area contributed by atoms with Crippen LogP contribution in [0.4, 0.5) is 5.69 Å². The van der Waals surface area contributed by atoms with E-state index in [2.05, 4.69) is 10.0 Å². The van der Waals surface area contributed by atoms with Crippen LogP contribution < -0.4 is 10.0 Å². The molecule has 0 fully saturated rings. The van der Waals surface area contributed by atoms with Crippen molar-refractivity contribution in [1.82, 2.24) is 4.72 Å². The van der Waals surface area contributed by atoms with Gasteiger partial charge in [-0.3, -0.25) is 4.79 Å². The summed E-state index contributed by atoms with van der Waals surface area (Å²) in [6.07, 6.45) is 0.775. The highest BCUT2D eigenvalue weighted by Crippen LogP contribution is 2.13. The van der Waals surface area contributed by atoms with Crippen molar-refractivity contribution in [2.75, 3.05) is 11.9 Å². The summed E-state index contributed by atoms with van der Waals surface area (Å²) >= 11 is 0. The second-order valence-electron chi connectivity index (χ2n) is 5.92. The smallest absolute Gasteiger partial charge is 0.255 e. The first kappa shape index (κ1) is 18.2. The average molecular weight is 346 g/mol. The van der Waals surface area contributed by atoms with Gasteiger partial charge >= 0.3 is 0 Å². The summed E-state index contributed by atoms with van der Waals surface area (Å²) in [6.45, 7) is 4.47. The second kappa shape index (κ2) is 8.08. The molecular formula is C18H22N2O3S. The van der Waals surface area contributed by atoms with Gasteiger partial charge in [-0.15, -0.1) is 0 Å². The minimum atomic E-state index is -3.54. The molecule has 0 atom stereocenters. The van der Waals surface area contributed by atoms with Crippen LogP contribution in [0.1, 0.15) is 30.6 Å². The standard InChI is InChI=1S/C18H22N2O3S/c1-14(2)12-13-19-24(22,23)17-10-8-15(9-11-17)18(21)20-16-6-4-3-5-7-16/h3-11,14,19H,12-13H2,1-2H3,(H,20,21). The zero-order chi connectivity index (χ0) is 17.6. The highest BCUT2D eigenvalue weighted by Gasteiger charge is 2.14. The summed E-state index contributed by atoms with van der Waals surface area (Å²) in [5, 5.41) is 2.76. The minimum Gasteiger partial charge on any atom is -0.322 e. The lowest BCUT2D eigenvalue weighted by atomic mass is 10.1. The lowest BCUT2D eigenvalue weighted by Gasteiger charge is -2.09. The zero-order valence-electron chi connectivity index (χ0n) is 13.8. The van der Waals surface area contributed by atoms with Crippen molar-refractivity contribution in [2.24, 2.45) is 5.92 Å². The SMILES string of the molecule is CC(C)CCNS(=O)(=O)c1ccc(C(=O)Nc2ccccc2)cc1. The third-order valence-corrected chi connectivity index (χ3v) is 4.95. The Bertz CT molecular complexity index is 770. The molecule has 0 aliphatic carbocycles. The van der Waals surface area contributed by atoms with E-state index in [0.717, 1.165) is 6.42 Å². The van der Waals surface area contributed by atoms with Crippen LogP contribution in [0.3, 0.4) is 0 Å². The van der Waals surface area contributed by atoms with E-state index >= 15 is 0 Å². The van der Waals surface area contributed by atoms with E-state index in [4.69, 9.17) is 0 Å². The molecule has 24 heavy (non-hydrogen) atoms. The Morgan fingerprint density at radius 1 is 1.00 bits per heavy atom. The number of hydrogen-bond acceptors (Lipinski definition) is 3. The van der Waals surface area contributed by atoms with E-state index in [9.17, 15) is 13.2 Å². The van der Waals surface area contributed by atoms with Gasteiger partial charge in [0.15, 0.2) is 0 Å². The highest BCUT2D eigenvalue weighted by atomic mass is 32.2. The van der Waals surface area contributed by atoms with E-state index in [0.29, 0.717) is 23.7 Å². The molecule has 6 heteroatoms. The second-order valence-corrected chi connectivity index (χ2v) is 7.69. The number of para-hydroxylation sites is 1. The zero-order valence-corrected chi connectivity index (χ0v) is 14.6. The van der Waals surface area contributed by atoms with Gasteiger partial charge in [-0.05, 0) is 48.7 Å². The van der Waals surface area contributed by atoms with Gasteiger partial charge in [0, 0.05) is 17.8 Å². The summed E-state index contributed by atoms with van der Waals surface area (Å²) in [5.41, 5.74) is 1.09. The fourth-order valence-corrected chi connectivity index (χ4v) is 3.12. The minimum absolute atomic E-state index is 0.155. The van der Waals surface area contributed by atoms with Gasteiger partial charge in [-0.25, -0.2) is 13.1 Å². The van der Waals surface area contributed by atoms with Gasteiger partial charge in [-0.2, -0.15) is 0 Å². The van der Waals surface area contributed by atoms with Gasteiger partial charge in [0.2, 0.25) is 10.0 Å². The van der Waals surface area contributed by atoms with E-state index in [1.54, 1.807) is 12.1 Å². The first-order chi connectivity index (χ1) is 11.4. The molecule has 128 valence electrons. The molecule has 2 aromatic carbocycles. The van der Waals surface area contributed by atoms with Gasteiger partial charge in [-0.1, -0.05) is 32.0 Å². The molecule has 2 rings (SSSR count). The molecule has 5 nitrogen and oxygen atoms in total. The molecule has 1 amide bonds. The van der Waals surface area contributed by atoms with Crippen LogP contribution in [0, 0.1) is 5.92 Å². The molecule has 0 radical (unpaired) electrons. The van der Waals surface area contributed by atoms with Crippen molar-refractivity contribution in [3.63, 3.8) is 0 Å². The molecule has 2 N–H and O–H groups in total. The highest BCUT2D eigenvalue weighted by molar-refractivity contribution is 7.89. The van der Waals surface area contributed by atoms with Crippen LogP contribution in [0.2, 0.25) is 0 Å². The van der Waals surface area contributed by atoms with Crippen LogP contribution in [-0.4, -0.2) is 20.9 Å². The Morgan fingerprint density at radius 2 is 1.62 bits per heavy atom. The molecular weight excluding hydrogens is 324 g/mol. The monoisotopic (exact) mass is 346 g/mol. The van der Waals surface area contributed by atoms with Crippen molar-refractivity contribution in [1.29, 1.82) is 0 Å². The maximum atomic E-state index is 12.2. The number of carbonyl (C=O) groups excluding carboxylic acids is 1. The Balaban J connectivity index is 2.03. The Morgan fingerprint density at radius 3 is 2.21 bits per heavy atom. The van der Waals surface area contributed by atoms with E-state index < -0.39 is 10.0 Å². The first-order valence-electron chi connectivity index (χ1n) is 7.84. The molecule has 0 aliphatic heterocycles. The van der Waals surface area contributed by atoms with Crippen LogP contribution in [0.15, 0.2) is 59.5 Å². The van der Waals surface area contributed by atoms with Gasteiger partial charge < -0.3 is 5.32 Å². The third-order valence-electron chi connectivity index (χ3n) is 3.47. The fraction of sp³-hybridized carbons (Fsp3) is 0.278. The lowest BCUT2D eigenvalue weighted by Crippen LogP contribution is -2.25. The molecule has 0 aromatic heterocycles. The predicted octanol–water partition coefficient (Wildman–Crippen LogP) is 3.26. The summed E-state index contributed by atoms with van der Waals surface area (Å²) in [6, 6.07) is 15.0. The number of benzene rings is 2. The van der Waals surface area contributed by atoms with Gasteiger partial charge in [0.05, 0.1) is 4.90 Å². The van der Waals surface area contributed by atoms with Crippen molar-refractivity contribution < 1.29 is 13.2 Å². The first-order valence-corrected chi connectivity index (χ1v) is 9.33. The van der Waals surface area contributed by atoms with Crippen molar-refractivity contribution in [2.45, 2.75) is 25.2 Å². The summed E-state index contributed by atoms with van der Waals surface area (Å²) < 4.78 is 26.9. The Labute approximate surface area is 143 Å². The van der Waals surface area contributed by atoms with Crippen molar-refractivity contribution in [3.05, 3.63) is 60.2 Å². The normalized spacial score (nSPS) is 11.5. The Kier molecular flexibility index (Phi) is 6.11. The van der Waals surface area contributed by atoms with Gasteiger partial charge in [0.1, 0.15) is 0 Å². The van der Waals surface area contributed by atoms with Crippen LogP contribution in [0.5, 0.6) is 0 Å². The Hall–Kier alpha value is -2.18. The van der Waals surface area contributed by atoms with E-state index in [1.807, 2.05) is 32.0 Å². The summed E-state index contributed by atoms with van der Waals surface area (Å²) in [4.78, 5) is 12.3. The third kappa shape index (κ3) is 5.18. The summed E-state index contributed by atoms with van der Waals surface area (Å²) in [5.74, 6) is 0.148. The molecule has 0 bridgehead atoms. The van der Waals surface area contributed by atoms with Crippen LogP contribution in [0.25, 0.3) is 0 Å². The van der Waals surface area contributed by atoms with Crippen molar-refractivity contribution in [3.8, 4) is 0 Å². The molecule has 0 aliphatic rings. The predicted molar refractivity (Wildman–Crippen MR) is 95.5 cm³/mol. The fourth-order valence-electron chi connectivity index (χ4n) is 2.08. The van der Waals surface area contributed by atoms with Crippen LogP contribution >= 0.6 is 0 Å². The average Bonchev–Trinajstić information content (AvgIpc) is 2.55.